The second-order valence-electron chi connectivity index (χ2n) is 6.12. The van der Waals surface area contributed by atoms with Crippen LogP contribution in [-0.4, -0.2) is 66.2 Å². The van der Waals surface area contributed by atoms with Crippen molar-refractivity contribution in [2.45, 2.75) is 25.9 Å². The molecule has 120 valence electrons. The summed E-state index contributed by atoms with van der Waals surface area (Å²) in [4.78, 5) is 27.6. The molecular formula is C15H21N3O4. The minimum absolute atomic E-state index is 0.00408. The van der Waals surface area contributed by atoms with Gasteiger partial charge >= 0.3 is 0 Å². The van der Waals surface area contributed by atoms with Gasteiger partial charge in [-0.2, -0.15) is 0 Å². The zero-order chi connectivity index (χ0) is 15.7. The second kappa shape index (κ2) is 6.08. The van der Waals surface area contributed by atoms with Crippen LogP contribution < -0.4 is 0 Å². The topological polar surface area (TPSA) is 75.9 Å². The Morgan fingerprint density at radius 1 is 1.45 bits per heavy atom. The van der Waals surface area contributed by atoms with Gasteiger partial charge in [-0.15, -0.1) is 0 Å². The van der Waals surface area contributed by atoms with Gasteiger partial charge in [0.05, 0.1) is 18.2 Å². The molecule has 7 nitrogen and oxygen atoms in total. The van der Waals surface area contributed by atoms with Crippen LogP contribution in [0.3, 0.4) is 0 Å². The van der Waals surface area contributed by atoms with Gasteiger partial charge in [0, 0.05) is 38.7 Å². The normalized spacial score (nSPS) is 25.8. The van der Waals surface area contributed by atoms with E-state index in [1.54, 1.807) is 18.0 Å². The summed E-state index contributed by atoms with van der Waals surface area (Å²) in [6.45, 7) is 3.88. The van der Waals surface area contributed by atoms with Gasteiger partial charge < -0.3 is 19.1 Å². The number of aromatic nitrogens is 1. The number of hydrogen-bond donors (Lipinski definition) is 0. The average Bonchev–Trinajstić information content (AvgIpc) is 2.83. The molecule has 2 amide bonds. The molecule has 1 aromatic heterocycles. The summed E-state index contributed by atoms with van der Waals surface area (Å²) in [5.41, 5.74) is 0.777. The highest BCUT2D eigenvalue weighted by atomic mass is 16.5. The summed E-state index contributed by atoms with van der Waals surface area (Å²) in [6, 6.07) is 1.78. The largest absolute Gasteiger partial charge is 0.368 e. The molecule has 3 heterocycles. The number of hydrogen-bond acceptors (Lipinski definition) is 5. The standard InChI is InChI=1S/C15H21N3O4/c1-10-5-12(22-16-10)6-14(19)18-4-3-13-11(8-18)7-17(2)15(20)9-21-13/h5,11,13H,3-4,6-9H2,1-2H3/t11-,13-/m0/s1. The summed E-state index contributed by atoms with van der Waals surface area (Å²) in [6.07, 6.45) is 1.06. The molecule has 0 radical (unpaired) electrons. The number of aryl methyl sites for hydroxylation is 1. The third kappa shape index (κ3) is 3.14. The maximum absolute atomic E-state index is 12.4. The monoisotopic (exact) mass is 307 g/mol. The van der Waals surface area contributed by atoms with Gasteiger partial charge in [-0.1, -0.05) is 5.16 Å². The van der Waals surface area contributed by atoms with E-state index in [1.807, 2.05) is 11.8 Å². The SMILES string of the molecule is Cc1cc(CC(=O)N2CC[C@@H]3OCC(=O)N(C)C[C@H]3C2)on1. The molecule has 0 unspecified atom stereocenters. The molecule has 7 heteroatoms. The van der Waals surface area contributed by atoms with Gasteiger partial charge in [-0.3, -0.25) is 9.59 Å². The lowest BCUT2D eigenvalue weighted by Gasteiger charge is -2.37. The lowest BCUT2D eigenvalue weighted by atomic mass is 9.94. The van der Waals surface area contributed by atoms with Crippen molar-refractivity contribution in [1.29, 1.82) is 0 Å². The number of likely N-dealkylation sites (tertiary alicyclic amines) is 1. The second-order valence-corrected chi connectivity index (χ2v) is 6.12. The first-order valence-corrected chi connectivity index (χ1v) is 7.58. The lowest BCUT2D eigenvalue weighted by Crippen LogP contribution is -2.49. The Morgan fingerprint density at radius 3 is 3.00 bits per heavy atom. The predicted molar refractivity (Wildman–Crippen MR) is 77.0 cm³/mol. The lowest BCUT2D eigenvalue weighted by molar-refractivity contribution is -0.137. The zero-order valence-electron chi connectivity index (χ0n) is 12.9. The smallest absolute Gasteiger partial charge is 0.248 e. The predicted octanol–water partition coefficient (Wildman–Crippen LogP) is 0.231. The summed E-state index contributed by atoms with van der Waals surface area (Å²) < 4.78 is 10.8. The van der Waals surface area contributed by atoms with Crippen molar-refractivity contribution < 1.29 is 18.8 Å². The Bertz CT molecular complexity index is 571. The molecule has 2 atom stereocenters. The van der Waals surface area contributed by atoms with Gasteiger partial charge in [0.1, 0.15) is 12.4 Å². The van der Waals surface area contributed by atoms with Crippen molar-refractivity contribution in [2.24, 2.45) is 5.92 Å². The van der Waals surface area contributed by atoms with E-state index >= 15 is 0 Å². The first-order chi connectivity index (χ1) is 10.5. The number of likely N-dealkylation sites (N-methyl/N-ethyl adjacent to an activating group) is 1. The summed E-state index contributed by atoms with van der Waals surface area (Å²) in [5, 5.41) is 3.80. The molecule has 0 N–H and O–H groups in total. The Labute approximate surface area is 129 Å². The summed E-state index contributed by atoms with van der Waals surface area (Å²) in [5.74, 6) is 0.803. The highest BCUT2D eigenvalue weighted by Gasteiger charge is 2.36. The summed E-state index contributed by atoms with van der Waals surface area (Å²) in [7, 11) is 1.78. The van der Waals surface area contributed by atoms with Crippen LogP contribution in [0, 0.1) is 12.8 Å². The Morgan fingerprint density at radius 2 is 2.27 bits per heavy atom. The minimum atomic E-state index is 0.00408. The molecule has 22 heavy (non-hydrogen) atoms. The number of carbonyl (C=O) groups excluding carboxylic acids is 2. The maximum Gasteiger partial charge on any atom is 0.248 e. The fourth-order valence-electron chi connectivity index (χ4n) is 3.13. The first kappa shape index (κ1) is 15.0. The van der Waals surface area contributed by atoms with E-state index in [9.17, 15) is 9.59 Å². The number of nitrogens with zero attached hydrogens (tertiary/aromatic N) is 3. The number of fused-ring (bicyclic) bond motifs is 1. The van der Waals surface area contributed by atoms with Crippen LogP contribution >= 0.6 is 0 Å². The van der Waals surface area contributed by atoms with Crippen LogP contribution in [0.5, 0.6) is 0 Å². The van der Waals surface area contributed by atoms with Crippen LogP contribution in [0.1, 0.15) is 17.9 Å². The van der Waals surface area contributed by atoms with E-state index in [2.05, 4.69) is 5.16 Å². The van der Waals surface area contributed by atoms with Crippen LogP contribution in [0.2, 0.25) is 0 Å². The van der Waals surface area contributed by atoms with Crippen molar-refractivity contribution >= 4 is 11.8 Å². The van der Waals surface area contributed by atoms with E-state index in [4.69, 9.17) is 9.26 Å². The van der Waals surface area contributed by atoms with Gasteiger partial charge in [0.25, 0.3) is 0 Å². The molecule has 0 bridgehead atoms. The third-order valence-electron chi connectivity index (χ3n) is 4.37. The van der Waals surface area contributed by atoms with E-state index in [-0.39, 0.29) is 36.9 Å². The van der Waals surface area contributed by atoms with E-state index in [0.717, 1.165) is 12.1 Å². The van der Waals surface area contributed by atoms with Gasteiger partial charge in [-0.05, 0) is 13.3 Å². The highest BCUT2D eigenvalue weighted by Crippen LogP contribution is 2.24. The van der Waals surface area contributed by atoms with Gasteiger partial charge in [-0.25, -0.2) is 0 Å². The van der Waals surface area contributed by atoms with E-state index in [1.165, 1.54) is 0 Å². The minimum Gasteiger partial charge on any atom is -0.368 e. The van der Waals surface area contributed by atoms with Crippen molar-refractivity contribution in [3.05, 3.63) is 17.5 Å². The third-order valence-corrected chi connectivity index (χ3v) is 4.37. The molecule has 2 aliphatic rings. The molecule has 3 rings (SSSR count). The quantitative estimate of drug-likeness (QED) is 0.782. The average molecular weight is 307 g/mol. The molecule has 0 aliphatic carbocycles. The van der Waals surface area contributed by atoms with Crippen LogP contribution in [-0.2, 0) is 20.7 Å². The fraction of sp³-hybridized carbons (Fsp3) is 0.667. The number of amides is 2. The Balaban J connectivity index is 1.62. The first-order valence-electron chi connectivity index (χ1n) is 7.58. The van der Waals surface area contributed by atoms with Crippen LogP contribution in [0.25, 0.3) is 0 Å². The highest BCUT2D eigenvalue weighted by molar-refractivity contribution is 5.79. The Hall–Kier alpha value is -1.89. The van der Waals surface area contributed by atoms with Crippen molar-refractivity contribution in [1.82, 2.24) is 15.0 Å². The molecular weight excluding hydrogens is 286 g/mol. The Kier molecular flexibility index (Phi) is 4.15. The van der Waals surface area contributed by atoms with Crippen molar-refractivity contribution in [2.75, 3.05) is 33.3 Å². The molecule has 1 aromatic rings. The molecule has 0 saturated carbocycles. The van der Waals surface area contributed by atoms with Crippen molar-refractivity contribution in [3.63, 3.8) is 0 Å². The van der Waals surface area contributed by atoms with Crippen LogP contribution in [0.15, 0.2) is 10.6 Å². The van der Waals surface area contributed by atoms with E-state index in [0.29, 0.717) is 25.4 Å². The van der Waals surface area contributed by atoms with Gasteiger partial charge in [0.2, 0.25) is 11.8 Å². The van der Waals surface area contributed by atoms with E-state index < -0.39 is 0 Å². The molecule has 0 aromatic carbocycles. The van der Waals surface area contributed by atoms with Crippen LogP contribution in [0.4, 0.5) is 0 Å². The maximum atomic E-state index is 12.4. The molecule has 2 aliphatic heterocycles. The number of carbonyl (C=O) groups is 2. The molecule has 0 spiro atoms. The summed E-state index contributed by atoms with van der Waals surface area (Å²) >= 11 is 0. The number of rotatable bonds is 2. The number of ether oxygens (including phenoxy) is 1. The number of piperidine rings is 1. The zero-order valence-corrected chi connectivity index (χ0v) is 12.9. The molecule has 2 saturated heterocycles. The fourth-order valence-corrected chi connectivity index (χ4v) is 3.13. The van der Waals surface area contributed by atoms with Gasteiger partial charge in [0.15, 0.2) is 0 Å². The molecule has 2 fully saturated rings. The van der Waals surface area contributed by atoms with Crippen molar-refractivity contribution in [3.8, 4) is 0 Å².